The molecule has 7 nitrogen and oxygen atoms in total. The van der Waals surface area contributed by atoms with Crippen LogP contribution in [0.2, 0.25) is 0 Å². The quantitative estimate of drug-likeness (QED) is 0.759. The van der Waals surface area contributed by atoms with Crippen LogP contribution in [0.15, 0.2) is 46.4 Å². The fourth-order valence-corrected chi connectivity index (χ4v) is 3.89. The van der Waals surface area contributed by atoms with Gasteiger partial charge in [0.1, 0.15) is 0 Å². The number of rotatable bonds is 3. The van der Waals surface area contributed by atoms with Gasteiger partial charge in [0.15, 0.2) is 0 Å². The van der Waals surface area contributed by atoms with E-state index in [0.29, 0.717) is 13.2 Å². The van der Waals surface area contributed by atoms with Crippen molar-refractivity contribution in [2.45, 2.75) is 34.0 Å². The Labute approximate surface area is 190 Å². The first-order valence-corrected chi connectivity index (χ1v) is 10.4. The summed E-state index contributed by atoms with van der Waals surface area (Å²) in [6.07, 6.45) is -0.399. The normalized spacial score (nSPS) is 18.8. The number of hydrogen-bond acceptors (Lipinski definition) is 7. The van der Waals surface area contributed by atoms with E-state index in [1.165, 1.54) is 22.3 Å². The average molecular weight is 443 g/mol. The summed E-state index contributed by atoms with van der Waals surface area (Å²) < 4.78 is 5.55. The maximum atomic E-state index is 6.17. The van der Waals surface area contributed by atoms with Gasteiger partial charge in [0.25, 0.3) is 0 Å². The highest BCUT2D eigenvalue weighted by Crippen LogP contribution is 2.27. The van der Waals surface area contributed by atoms with Crippen molar-refractivity contribution in [3.63, 3.8) is 0 Å². The Hall–Kier alpha value is -2.77. The first-order chi connectivity index (χ1) is 14.4. The fourth-order valence-electron chi connectivity index (χ4n) is 3.89. The Morgan fingerprint density at radius 2 is 1.65 bits per heavy atom. The van der Waals surface area contributed by atoms with Crippen LogP contribution in [0.3, 0.4) is 0 Å². The van der Waals surface area contributed by atoms with E-state index in [1.54, 1.807) is 0 Å². The van der Waals surface area contributed by atoms with Gasteiger partial charge in [-0.05, 0) is 74.2 Å². The lowest BCUT2D eigenvalue weighted by Gasteiger charge is -2.41. The molecule has 0 amide bonds. The minimum atomic E-state index is -0.399. The number of anilines is 2. The minimum absolute atomic E-state index is 0. The molecule has 0 aliphatic carbocycles. The summed E-state index contributed by atoms with van der Waals surface area (Å²) in [5, 5.41) is 3.56. The van der Waals surface area contributed by atoms with Gasteiger partial charge in [-0.3, -0.25) is 4.90 Å². The zero-order valence-electron chi connectivity index (χ0n) is 18.6. The van der Waals surface area contributed by atoms with Crippen molar-refractivity contribution in [3.05, 3.63) is 58.7 Å². The van der Waals surface area contributed by atoms with E-state index in [0.717, 1.165) is 30.4 Å². The van der Waals surface area contributed by atoms with Crippen LogP contribution >= 0.6 is 12.4 Å². The van der Waals surface area contributed by atoms with Crippen molar-refractivity contribution < 1.29 is 4.74 Å². The van der Waals surface area contributed by atoms with Gasteiger partial charge in [0.05, 0.1) is 13.2 Å². The van der Waals surface area contributed by atoms with Gasteiger partial charge in [0, 0.05) is 24.5 Å². The molecule has 3 N–H and O–H groups in total. The molecule has 2 aliphatic rings. The number of ether oxygens (including phenoxy) is 1. The molecule has 1 saturated heterocycles. The van der Waals surface area contributed by atoms with Crippen LogP contribution in [-0.4, -0.2) is 49.4 Å². The molecule has 0 radical (unpaired) electrons. The number of nitrogens with zero attached hydrogens (tertiary/aromatic N) is 4. The molecule has 2 heterocycles. The van der Waals surface area contributed by atoms with E-state index in [1.807, 2.05) is 0 Å². The highest BCUT2D eigenvalue weighted by molar-refractivity contribution is 6.06. The summed E-state index contributed by atoms with van der Waals surface area (Å²) in [6.45, 7) is 11.3. The number of hydrogen-bond donors (Lipinski definition) is 2. The Kier molecular flexibility index (Phi) is 7.08. The van der Waals surface area contributed by atoms with E-state index in [2.05, 4.69) is 89.2 Å². The summed E-state index contributed by atoms with van der Waals surface area (Å²) >= 11 is 0. The summed E-state index contributed by atoms with van der Waals surface area (Å²) in [7, 11) is 0. The molecule has 1 fully saturated rings. The molecular formula is C23H31ClN6O. The fraction of sp³-hybridized carbons (Fsp3) is 0.391. The smallest absolute Gasteiger partial charge is 0.222 e. The molecule has 1 atom stereocenters. The van der Waals surface area contributed by atoms with E-state index in [4.69, 9.17) is 10.5 Å². The van der Waals surface area contributed by atoms with E-state index in [9.17, 15) is 0 Å². The lowest BCUT2D eigenvalue weighted by molar-refractivity contribution is 0.0671. The third-order valence-electron chi connectivity index (χ3n) is 5.51. The number of halogens is 1. The predicted octanol–water partition coefficient (Wildman–Crippen LogP) is 3.56. The van der Waals surface area contributed by atoms with Crippen molar-refractivity contribution >= 4 is 35.7 Å². The van der Waals surface area contributed by atoms with Gasteiger partial charge >= 0.3 is 0 Å². The molecule has 166 valence electrons. The molecule has 0 spiro atoms. The predicted molar refractivity (Wildman–Crippen MR) is 130 cm³/mol. The Balaban J connectivity index is 0.00000272. The third-order valence-corrected chi connectivity index (χ3v) is 5.51. The third kappa shape index (κ3) is 5.11. The van der Waals surface area contributed by atoms with Gasteiger partial charge in [-0.1, -0.05) is 12.1 Å². The number of nitrogens with one attached hydrogen (secondary N) is 1. The second kappa shape index (κ2) is 9.58. The molecule has 1 unspecified atom stereocenters. The minimum Gasteiger partial charge on any atom is -0.378 e. The molecule has 2 aliphatic heterocycles. The summed E-state index contributed by atoms with van der Waals surface area (Å²) in [5.74, 6) is 1.08. The van der Waals surface area contributed by atoms with Crippen molar-refractivity contribution in [2.24, 2.45) is 15.7 Å². The summed E-state index contributed by atoms with van der Waals surface area (Å²) in [6, 6.07) is 12.8. The average Bonchev–Trinajstić information content (AvgIpc) is 2.70. The summed E-state index contributed by atoms with van der Waals surface area (Å²) in [5.41, 5.74) is 13.1. The SMILES string of the molecule is Cc1cc(C)cc(N2C(N3CCOCC3)=NC(N)=NC2Nc2ccc(C)c(C)c2)c1.Cl. The van der Waals surface area contributed by atoms with Crippen LogP contribution in [0.5, 0.6) is 0 Å². The van der Waals surface area contributed by atoms with Gasteiger partial charge in [-0.2, -0.15) is 4.99 Å². The van der Waals surface area contributed by atoms with Crippen molar-refractivity contribution in [1.82, 2.24) is 4.90 Å². The van der Waals surface area contributed by atoms with Crippen molar-refractivity contribution in [1.29, 1.82) is 0 Å². The van der Waals surface area contributed by atoms with Crippen LogP contribution in [-0.2, 0) is 4.74 Å². The zero-order chi connectivity index (χ0) is 21.3. The largest absolute Gasteiger partial charge is 0.378 e. The molecule has 0 bridgehead atoms. The molecular weight excluding hydrogens is 412 g/mol. The molecule has 2 aromatic carbocycles. The standard InChI is InChI=1S/C23H30N6O.ClH/c1-15-11-16(2)13-20(12-15)29-22(25-19-6-5-17(3)18(4)14-19)26-21(24)27-23(29)28-7-9-30-10-8-28;/h5-6,11-14,22,25H,7-10H2,1-4H3,(H2,24,26);1H. The first kappa shape index (κ1) is 22.9. The van der Waals surface area contributed by atoms with E-state index in [-0.39, 0.29) is 18.4 Å². The van der Waals surface area contributed by atoms with Crippen LogP contribution in [0.4, 0.5) is 11.4 Å². The maximum Gasteiger partial charge on any atom is 0.222 e. The highest BCUT2D eigenvalue weighted by Gasteiger charge is 2.32. The molecule has 4 rings (SSSR count). The lowest BCUT2D eigenvalue weighted by atomic mass is 10.1. The van der Waals surface area contributed by atoms with E-state index >= 15 is 0 Å². The van der Waals surface area contributed by atoms with Gasteiger partial charge in [-0.25, -0.2) is 4.99 Å². The molecule has 0 saturated carbocycles. The number of guanidine groups is 2. The van der Waals surface area contributed by atoms with Crippen molar-refractivity contribution in [3.8, 4) is 0 Å². The number of benzene rings is 2. The zero-order valence-corrected chi connectivity index (χ0v) is 19.4. The molecule has 8 heteroatoms. The van der Waals surface area contributed by atoms with Gasteiger partial charge in [0.2, 0.25) is 18.2 Å². The Morgan fingerprint density at radius 3 is 2.29 bits per heavy atom. The van der Waals surface area contributed by atoms with Crippen LogP contribution in [0.1, 0.15) is 22.3 Å². The van der Waals surface area contributed by atoms with Crippen LogP contribution in [0, 0.1) is 27.7 Å². The van der Waals surface area contributed by atoms with E-state index < -0.39 is 6.29 Å². The van der Waals surface area contributed by atoms with Gasteiger partial charge < -0.3 is 20.7 Å². The van der Waals surface area contributed by atoms with Gasteiger partial charge in [-0.15, -0.1) is 12.4 Å². The maximum absolute atomic E-state index is 6.17. The monoisotopic (exact) mass is 442 g/mol. The first-order valence-electron chi connectivity index (χ1n) is 10.4. The second-order valence-electron chi connectivity index (χ2n) is 8.03. The summed E-state index contributed by atoms with van der Waals surface area (Å²) in [4.78, 5) is 13.7. The highest BCUT2D eigenvalue weighted by atomic mass is 35.5. The number of aliphatic imine (C=N–C) groups is 2. The van der Waals surface area contributed by atoms with Crippen LogP contribution in [0.25, 0.3) is 0 Å². The Morgan fingerprint density at radius 1 is 0.968 bits per heavy atom. The molecule has 31 heavy (non-hydrogen) atoms. The lowest BCUT2D eigenvalue weighted by Crippen LogP contribution is -2.57. The number of morpholine rings is 1. The Bertz CT molecular complexity index is 979. The van der Waals surface area contributed by atoms with Crippen LogP contribution < -0.4 is 16.0 Å². The topological polar surface area (TPSA) is 78.5 Å². The van der Waals surface area contributed by atoms with Crippen molar-refractivity contribution in [2.75, 3.05) is 36.5 Å². The molecule has 0 aromatic heterocycles. The molecule has 2 aromatic rings. The number of nitrogens with two attached hydrogens (primary N) is 1. The number of aryl methyl sites for hydroxylation is 4. The second-order valence-corrected chi connectivity index (χ2v) is 8.03.